The van der Waals surface area contributed by atoms with Gasteiger partial charge in [0, 0.05) is 0 Å². The van der Waals surface area contributed by atoms with E-state index in [0.29, 0.717) is 0 Å². The lowest BCUT2D eigenvalue weighted by Crippen LogP contribution is -1.95. The van der Waals surface area contributed by atoms with E-state index in [9.17, 15) is 0 Å². The van der Waals surface area contributed by atoms with Gasteiger partial charge in [0.15, 0.2) is 11.5 Å². The highest BCUT2D eigenvalue weighted by molar-refractivity contribution is 5.46. The van der Waals surface area contributed by atoms with Gasteiger partial charge in [0.25, 0.3) is 0 Å². The second kappa shape index (κ2) is 4.22. The van der Waals surface area contributed by atoms with Crippen molar-refractivity contribution >= 4 is 0 Å². The zero-order valence-electron chi connectivity index (χ0n) is 8.69. The van der Waals surface area contributed by atoms with Crippen LogP contribution in [0, 0.1) is 11.3 Å². The number of hydrogen-bond donors (Lipinski definition) is 0. The molecular formula is C12H13NO2. The van der Waals surface area contributed by atoms with Gasteiger partial charge in [0.2, 0.25) is 6.79 Å². The molecule has 1 aromatic rings. The molecule has 1 aliphatic rings. The van der Waals surface area contributed by atoms with Crippen LogP contribution in [-0.2, 0) is 0 Å². The van der Waals surface area contributed by atoms with Crippen LogP contribution in [0.5, 0.6) is 11.5 Å². The lowest BCUT2D eigenvalue weighted by Gasteiger charge is -2.08. The molecule has 0 N–H and O–H groups in total. The van der Waals surface area contributed by atoms with Crippen LogP contribution in [0.4, 0.5) is 0 Å². The van der Waals surface area contributed by atoms with Crippen molar-refractivity contribution in [3.05, 3.63) is 23.8 Å². The van der Waals surface area contributed by atoms with Gasteiger partial charge in [0.1, 0.15) is 0 Å². The van der Waals surface area contributed by atoms with Crippen molar-refractivity contribution in [1.82, 2.24) is 0 Å². The maximum absolute atomic E-state index is 9.04. The predicted octanol–water partition coefficient (Wildman–Crippen LogP) is 2.82. The Labute approximate surface area is 89.2 Å². The van der Waals surface area contributed by atoms with Crippen LogP contribution in [0.3, 0.4) is 0 Å². The molecule has 1 aliphatic heterocycles. The molecule has 0 saturated carbocycles. The first-order valence-electron chi connectivity index (χ1n) is 5.14. The lowest BCUT2D eigenvalue weighted by molar-refractivity contribution is 0.174. The van der Waals surface area contributed by atoms with Gasteiger partial charge in [-0.1, -0.05) is 19.4 Å². The highest BCUT2D eigenvalue weighted by Crippen LogP contribution is 2.35. The van der Waals surface area contributed by atoms with E-state index >= 15 is 0 Å². The van der Waals surface area contributed by atoms with Crippen molar-refractivity contribution in [1.29, 1.82) is 5.26 Å². The number of benzene rings is 1. The van der Waals surface area contributed by atoms with E-state index in [1.54, 1.807) is 0 Å². The van der Waals surface area contributed by atoms with Gasteiger partial charge in [-0.3, -0.25) is 0 Å². The number of hydrogen-bond acceptors (Lipinski definition) is 3. The SMILES string of the molecule is CCCC(C#N)c1ccc2c(c1)OCO2. The van der Waals surface area contributed by atoms with Gasteiger partial charge in [-0.25, -0.2) is 0 Å². The Morgan fingerprint density at radius 2 is 2.20 bits per heavy atom. The van der Waals surface area contributed by atoms with Crippen LogP contribution in [-0.4, -0.2) is 6.79 Å². The van der Waals surface area contributed by atoms with Gasteiger partial charge in [-0.05, 0) is 24.1 Å². The minimum absolute atomic E-state index is 0.0375. The van der Waals surface area contributed by atoms with Crippen molar-refractivity contribution in [3.63, 3.8) is 0 Å². The highest BCUT2D eigenvalue weighted by Gasteiger charge is 2.17. The van der Waals surface area contributed by atoms with Crippen molar-refractivity contribution in [3.8, 4) is 17.6 Å². The molecular weight excluding hydrogens is 190 g/mol. The van der Waals surface area contributed by atoms with Crippen LogP contribution in [0.1, 0.15) is 31.2 Å². The van der Waals surface area contributed by atoms with E-state index in [1.807, 2.05) is 18.2 Å². The fourth-order valence-corrected chi connectivity index (χ4v) is 1.72. The zero-order chi connectivity index (χ0) is 10.7. The van der Waals surface area contributed by atoms with Gasteiger partial charge in [-0.2, -0.15) is 5.26 Å². The molecule has 15 heavy (non-hydrogen) atoms. The van der Waals surface area contributed by atoms with Crippen molar-refractivity contribution in [2.45, 2.75) is 25.7 Å². The van der Waals surface area contributed by atoms with E-state index in [1.165, 1.54) is 0 Å². The third kappa shape index (κ3) is 1.89. The van der Waals surface area contributed by atoms with Crippen LogP contribution in [0.25, 0.3) is 0 Å². The second-order valence-electron chi connectivity index (χ2n) is 3.58. The fourth-order valence-electron chi connectivity index (χ4n) is 1.72. The normalized spacial score (nSPS) is 14.7. The standard InChI is InChI=1S/C12H13NO2/c1-2-3-10(7-13)9-4-5-11-12(6-9)15-8-14-11/h4-6,10H,2-3,8H2,1H3. The first-order valence-corrected chi connectivity index (χ1v) is 5.14. The molecule has 0 bridgehead atoms. The lowest BCUT2D eigenvalue weighted by atomic mass is 9.96. The molecule has 0 aliphatic carbocycles. The second-order valence-corrected chi connectivity index (χ2v) is 3.58. The molecule has 1 aromatic carbocycles. The third-order valence-electron chi connectivity index (χ3n) is 2.53. The van der Waals surface area contributed by atoms with Crippen molar-refractivity contribution < 1.29 is 9.47 Å². The molecule has 0 aromatic heterocycles. The van der Waals surface area contributed by atoms with Crippen molar-refractivity contribution in [2.24, 2.45) is 0 Å². The van der Waals surface area contributed by atoms with E-state index < -0.39 is 0 Å². The average Bonchev–Trinajstić information content (AvgIpc) is 2.72. The van der Waals surface area contributed by atoms with Gasteiger partial charge >= 0.3 is 0 Å². The predicted molar refractivity (Wildman–Crippen MR) is 55.8 cm³/mol. The Bertz CT molecular complexity index is 395. The van der Waals surface area contributed by atoms with Crippen LogP contribution in [0.2, 0.25) is 0 Å². The third-order valence-corrected chi connectivity index (χ3v) is 2.53. The van der Waals surface area contributed by atoms with Crippen LogP contribution >= 0.6 is 0 Å². The molecule has 2 rings (SSSR count). The molecule has 0 spiro atoms. The molecule has 78 valence electrons. The molecule has 0 saturated heterocycles. The quantitative estimate of drug-likeness (QED) is 0.758. The first kappa shape index (κ1) is 9.85. The Balaban J connectivity index is 2.25. The number of ether oxygens (including phenoxy) is 2. The van der Waals surface area contributed by atoms with Crippen LogP contribution in [0.15, 0.2) is 18.2 Å². The summed E-state index contributed by atoms with van der Waals surface area (Å²) in [4.78, 5) is 0. The molecule has 0 amide bonds. The summed E-state index contributed by atoms with van der Waals surface area (Å²) in [7, 11) is 0. The average molecular weight is 203 g/mol. The minimum Gasteiger partial charge on any atom is -0.454 e. The van der Waals surface area contributed by atoms with E-state index in [-0.39, 0.29) is 12.7 Å². The summed E-state index contributed by atoms with van der Waals surface area (Å²) in [5, 5.41) is 9.04. The smallest absolute Gasteiger partial charge is 0.231 e. The van der Waals surface area contributed by atoms with E-state index in [0.717, 1.165) is 29.9 Å². The minimum atomic E-state index is -0.0375. The molecule has 1 unspecified atom stereocenters. The van der Waals surface area contributed by atoms with E-state index in [2.05, 4.69) is 13.0 Å². The molecule has 0 fully saturated rings. The van der Waals surface area contributed by atoms with Crippen molar-refractivity contribution in [2.75, 3.05) is 6.79 Å². The maximum Gasteiger partial charge on any atom is 0.231 e. The topological polar surface area (TPSA) is 42.2 Å². The van der Waals surface area contributed by atoms with Gasteiger partial charge < -0.3 is 9.47 Å². The summed E-state index contributed by atoms with van der Waals surface area (Å²) in [6, 6.07) is 8.04. The Morgan fingerprint density at radius 3 is 2.93 bits per heavy atom. The Hall–Kier alpha value is -1.69. The number of fused-ring (bicyclic) bond motifs is 1. The number of rotatable bonds is 3. The summed E-state index contributed by atoms with van der Waals surface area (Å²) >= 11 is 0. The Kier molecular flexibility index (Phi) is 2.77. The zero-order valence-corrected chi connectivity index (χ0v) is 8.69. The van der Waals surface area contributed by atoms with Crippen LogP contribution < -0.4 is 9.47 Å². The summed E-state index contributed by atoms with van der Waals surface area (Å²) < 4.78 is 10.5. The molecule has 1 atom stereocenters. The molecule has 0 radical (unpaired) electrons. The van der Waals surface area contributed by atoms with Gasteiger partial charge in [-0.15, -0.1) is 0 Å². The summed E-state index contributed by atoms with van der Waals surface area (Å²) in [6.07, 6.45) is 1.89. The summed E-state index contributed by atoms with van der Waals surface area (Å²) in [5.74, 6) is 1.49. The largest absolute Gasteiger partial charge is 0.454 e. The maximum atomic E-state index is 9.04. The molecule has 1 heterocycles. The Morgan fingerprint density at radius 1 is 1.40 bits per heavy atom. The number of nitrogens with zero attached hydrogens (tertiary/aromatic N) is 1. The van der Waals surface area contributed by atoms with Gasteiger partial charge in [0.05, 0.1) is 12.0 Å². The summed E-state index contributed by atoms with van der Waals surface area (Å²) in [5.41, 5.74) is 1.02. The summed E-state index contributed by atoms with van der Waals surface area (Å²) in [6.45, 7) is 2.36. The highest BCUT2D eigenvalue weighted by atomic mass is 16.7. The fraction of sp³-hybridized carbons (Fsp3) is 0.417. The molecule has 3 heteroatoms. The monoisotopic (exact) mass is 203 g/mol. The number of nitriles is 1. The molecule has 3 nitrogen and oxygen atoms in total. The first-order chi connectivity index (χ1) is 7.35. The van der Waals surface area contributed by atoms with E-state index in [4.69, 9.17) is 14.7 Å².